The summed E-state index contributed by atoms with van der Waals surface area (Å²) in [4.78, 5) is 3.99. The average Bonchev–Trinajstić information content (AvgIpc) is 2.89. The van der Waals surface area contributed by atoms with Crippen LogP contribution < -0.4 is 5.32 Å². The van der Waals surface area contributed by atoms with Gasteiger partial charge >= 0.3 is 0 Å². The van der Waals surface area contributed by atoms with E-state index in [0.717, 1.165) is 24.5 Å². The fourth-order valence-electron chi connectivity index (χ4n) is 2.22. The monoisotopic (exact) mass is 249 g/mol. The zero-order chi connectivity index (χ0) is 13.1. The van der Waals surface area contributed by atoms with Gasteiger partial charge in [0, 0.05) is 37.3 Å². The van der Waals surface area contributed by atoms with Crippen LogP contribution in [0, 0.1) is 13.8 Å². The molecular weight excluding hydrogens is 230 g/mol. The van der Waals surface area contributed by atoms with E-state index >= 15 is 0 Å². The summed E-state index contributed by atoms with van der Waals surface area (Å²) in [5, 5.41) is 11.7. The summed E-state index contributed by atoms with van der Waals surface area (Å²) < 4.78 is 6.61. The first-order valence-corrected chi connectivity index (χ1v) is 6.08. The van der Waals surface area contributed by atoms with E-state index in [-0.39, 0.29) is 6.04 Å². The van der Waals surface area contributed by atoms with Gasteiger partial charge in [-0.2, -0.15) is 10.1 Å². The minimum atomic E-state index is 0.269. The molecule has 0 aliphatic heterocycles. The van der Waals surface area contributed by atoms with Gasteiger partial charge in [-0.15, -0.1) is 0 Å². The van der Waals surface area contributed by atoms with Crippen molar-refractivity contribution in [1.29, 1.82) is 0 Å². The Balaban J connectivity index is 1.93. The van der Waals surface area contributed by atoms with Crippen molar-refractivity contribution in [2.75, 3.05) is 6.54 Å². The molecule has 1 N–H and O–H groups in total. The molecule has 6 nitrogen and oxygen atoms in total. The lowest BCUT2D eigenvalue weighted by Crippen LogP contribution is -2.22. The summed E-state index contributed by atoms with van der Waals surface area (Å²) in [7, 11) is 1.97. The number of hydrogen-bond donors (Lipinski definition) is 1. The largest absolute Gasteiger partial charge is 0.343 e. The van der Waals surface area contributed by atoms with Crippen LogP contribution in [0.5, 0.6) is 0 Å². The maximum atomic E-state index is 4.70. The molecular formula is C12H19N5O. The van der Waals surface area contributed by atoms with Crippen LogP contribution >= 0.6 is 0 Å². The molecule has 98 valence electrons. The molecule has 2 aromatic heterocycles. The lowest BCUT2D eigenvalue weighted by Gasteiger charge is -2.14. The maximum Gasteiger partial charge on any atom is 0.213 e. The highest BCUT2D eigenvalue weighted by Gasteiger charge is 2.15. The van der Waals surface area contributed by atoms with E-state index in [0.29, 0.717) is 0 Å². The van der Waals surface area contributed by atoms with Crippen LogP contribution in [-0.2, 0) is 13.5 Å². The van der Waals surface area contributed by atoms with E-state index in [1.807, 2.05) is 18.7 Å². The molecule has 0 radical (unpaired) electrons. The van der Waals surface area contributed by atoms with E-state index in [2.05, 4.69) is 34.4 Å². The van der Waals surface area contributed by atoms with Crippen molar-refractivity contribution in [3.05, 3.63) is 29.2 Å². The molecule has 0 saturated carbocycles. The molecule has 1 unspecified atom stereocenters. The van der Waals surface area contributed by atoms with Gasteiger partial charge in [-0.3, -0.25) is 4.68 Å². The molecule has 1 atom stereocenters. The quantitative estimate of drug-likeness (QED) is 0.865. The molecule has 0 aliphatic carbocycles. The molecule has 0 amide bonds. The number of aryl methyl sites for hydroxylation is 2. The fourth-order valence-corrected chi connectivity index (χ4v) is 2.22. The Morgan fingerprint density at radius 3 is 2.78 bits per heavy atom. The predicted molar refractivity (Wildman–Crippen MR) is 67.1 cm³/mol. The molecule has 0 fully saturated rings. The maximum absolute atomic E-state index is 4.70. The van der Waals surface area contributed by atoms with Crippen molar-refractivity contribution >= 4 is 0 Å². The zero-order valence-electron chi connectivity index (χ0n) is 11.3. The lowest BCUT2D eigenvalue weighted by atomic mass is 10.1. The standard InChI is InChI=1S/C12H19N5O/c1-8(12-9(2)15-17(4)10(12)3)13-6-5-11-14-7-18-16-11/h7-8,13H,5-6H2,1-4H3. The van der Waals surface area contributed by atoms with Crippen LogP contribution in [0.25, 0.3) is 0 Å². The number of rotatable bonds is 5. The van der Waals surface area contributed by atoms with E-state index < -0.39 is 0 Å². The van der Waals surface area contributed by atoms with Gasteiger partial charge in [0.1, 0.15) is 0 Å². The molecule has 6 heteroatoms. The molecule has 0 aliphatic rings. The highest BCUT2D eigenvalue weighted by molar-refractivity contribution is 5.27. The lowest BCUT2D eigenvalue weighted by molar-refractivity contribution is 0.408. The molecule has 0 bridgehead atoms. The Kier molecular flexibility index (Phi) is 3.76. The van der Waals surface area contributed by atoms with Gasteiger partial charge in [-0.25, -0.2) is 0 Å². The molecule has 2 heterocycles. The van der Waals surface area contributed by atoms with Gasteiger partial charge in [0.15, 0.2) is 5.82 Å². The van der Waals surface area contributed by atoms with Gasteiger partial charge in [-0.05, 0) is 20.8 Å². The Morgan fingerprint density at radius 1 is 1.44 bits per heavy atom. The fraction of sp³-hybridized carbons (Fsp3) is 0.583. The molecule has 2 aromatic rings. The summed E-state index contributed by atoms with van der Waals surface area (Å²) in [6.07, 6.45) is 2.12. The van der Waals surface area contributed by atoms with Gasteiger partial charge < -0.3 is 9.84 Å². The van der Waals surface area contributed by atoms with Crippen molar-refractivity contribution in [2.24, 2.45) is 7.05 Å². The summed E-state index contributed by atoms with van der Waals surface area (Å²) in [6.45, 7) is 7.09. The van der Waals surface area contributed by atoms with Crippen molar-refractivity contribution in [2.45, 2.75) is 33.2 Å². The van der Waals surface area contributed by atoms with E-state index in [9.17, 15) is 0 Å². The number of nitrogens with one attached hydrogen (secondary N) is 1. The van der Waals surface area contributed by atoms with Crippen molar-refractivity contribution in [1.82, 2.24) is 25.2 Å². The van der Waals surface area contributed by atoms with E-state index in [1.165, 1.54) is 17.7 Å². The first kappa shape index (κ1) is 12.8. The summed E-state index contributed by atoms with van der Waals surface area (Å²) in [5.74, 6) is 0.731. The molecule has 0 saturated heterocycles. The second-order valence-electron chi connectivity index (χ2n) is 4.48. The number of aromatic nitrogens is 4. The van der Waals surface area contributed by atoms with Gasteiger partial charge in [0.05, 0.1) is 5.69 Å². The molecule has 18 heavy (non-hydrogen) atoms. The van der Waals surface area contributed by atoms with Crippen molar-refractivity contribution in [3.8, 4) is 0 Å². The second kappa shape index (κ2) is 5.30. The normalized spacial score (nSPS) is 12.9. The molecule has 0 aromatic carbocycles. The zero-order valence-corrected chi connectivity index (χ0v) is 11.3. The summed E-state index contributed by atoms with van der Waals surface area (Å²) in [6, 6.07) is 0.269. The van der Waals surface area contributed by atoms with Crippen LogP contribution in [-0.4, -0.2) is 26.5 Å². The van der Waals surface area contributed by atoms with Gasteiger partial charge in [-0.1, -0.05) is 5.16 Å². The predicted octanol–water partition coefficient (Wildman–Crippen LogP) is 1.31. The van der Waals surface area contributed by atoms with Crippen molar-refractivity contribution < 1.29 is 4.52 Å². The highest BCUT2D eigenvalue weighted by atomic mass is 16.5. The summed E-state index contributed by atoms with van der Waals surface area (Å²) in [5.41, 5.74) is 3.55. The first-order valence-electron chi connectivity index (χ1n) is 6.08. The minimum absolute atomic E-state index is 0.269. The third kappa shape index (κ3) is 2.59. The Morgan fingerprint density at radius 2 is 2.22 bits per heavy atom. The summed E-state index contributed by atoms with van der Waals surface area (Å²) >= 11 is 0. The third-order valence-corrected chi connectivity index (χ3v) is 3.20. The Bertz CT molecular complexity index is 503. The van der Waals surface area contributed by atoms with Gasteiger partial charge in [0.2, 0.25) is 6.39 Å². The number of hydrogen-bond acceptors (Lipinski definition) is 5. The van der Waals surface area contributed by atoms with Crippen LogP contribution in [0.4, 0.5) is 0 Å². The van der Waals surface area contributed by atoms with Crippen LogP contribution in [0.3, 0.4) is 0 Å². The van der Waals surface area contributed by atoms with Gasteiger partial charge in [0.25, 0.3) is 0 Å². The topological polar surface area (TPSA) is 68.8 Å². The van der Waals surface area contributed by atoms with Crippen LogP contribution in [0.1, 0.15) is 35.7 Å². The van der Waals surface area contributed by atoms with E-state index in [4.69, 9.17) is 4.52 Å². The Hall–Kier alpha value is -1.69. The van der Waals surface area contributed by atoms with Crippen LogP contribution in [0.2, 0.25) is 0 Å². The Labute approximate surface area is 106 Å². The first-order chi connectivity index (χ1) is 8.59. The van der Waals surface area contributed by atoms with E-state index in [1.54, 1.807) is 0 Å². The number of nitrogens with zero attached hydrogens (tertiary/aromatic N) is 4. The minimum Gasteiger partial charge on any atom is -0.343 e. The molecule has 2 rings (SSSR count). The average molecular weight is 249 g/mol. The third-order valence-electron chi connectivity index (χ3n) is 3.20. The van der Waals surface area contributed by atoms with Crippen LogP contribution in [0.15, 0.2) is 10.9 Å². The molecule has 0 spiro atoms. The SMILES string of the molecule is Cc1nn(C)c(C)c1C(C)NCCc1ncon1. The smallest absolute Gasteiger partial charge is 0.213 e. The van der Waals surface area contributed by atoms with Crippen molar-refractivity contribution in [3.63, 3.8) is 0 Å². The highest BCUT2D eigenvalue weighted by Crippen LogP contribution is 2.20. The second-order valence-corrected chi connectivity index (χ2v) is 4.48.